The number of rotatable bonds is 3. The molecule has 0 spiro atoms. The van der Waals surface area contributed by atoms with Crippen LogP contribution in [0.5, 0.6) is 11.5 Å². The highest BCUT2D eigenvalue weighted by atomic mass is 19.4. The minimum absolute atomic E-state index is 0.139. The van der Waals surface area contributed by atoms with Crippen LogP contribution in [0.2, 0.25) is 0 Å². The molecule has 3 nitrogen and oxygen atoms in total. The lowest BCUT2D eigenvalue weighted by atomic mass is 10.2. The van der Waals surface area contributed by atoms with E-state index in [0.29, 0.717) is 12.3 Å². The van der Waals surface area contributed by atoms with Gasteiger partial charge < -0.3 is 4.74 Å². The van der Waals surface area contributed by atoms with Crippen LogP contribution in [0.3, 0.4) is 0 Å². The molecule has 18 heavy (non-hydrogen) atoms. The summed E-state index contributed by atoms with van der Waals surface area (Å²) in [6.07, 6.45) is -1.28. The van der Waals surface area contributed by atoms with Crippen LogP contribution in [0.25, 0.3) is 0 Å². The number of benzene rings is 1. The quantitative estimate of drug-likeness (QED) is 0.837. The lowest BCUT2D eigenvalue weighted by Crippen LogP contribution is -2.04. The Kier molecular flexibility index (Phi) is 3.27. The summed E-state index contributed by atoms with van der Waals surface area (Å²) in [4.78, 5) is 0. The van der Waals surface area contributed by atoms with Crippen LogP contribution in [0.15, 0.2) is 36.7 Å². The van der Waals surface area contributed by atoms with Crippen molar-refractivity contribution in [1.82, 2.24) is 9.78 Å². The lowest BCUT2D eigenvalue weighted by molar-refractivity contribution is -0.137. The lowest BCUT2D eigenvalue weighted by Gasteiger charge is -2.08. The third kappa shape index (κ3) is 2.82. The van der Waals surface area contributed by atoms with Crippen molar-refractivity contribution in [2.24, 2.45) is 0 Å². The van der Waals surface area contributed by atoms with Gasteiger partial charge in [-0.15, -0.1) is 0 Å². The number of ether oxygens (including phenoxy) is 1. The Hall–Kier alpha value is -1.98. The van der Waals surface area contributed by atoms with Crippen molar-refractivity contribution >= 4 is 0 Å². The van der Waals surface area contributed by atoms with Gasteiger partial charge in [0.2, 0.25) is 0 Å². The van der Waals surface area contributed by atoms with E-state index < -0.39 is 11.7 Å². The fourth-order valence-electron chi connectivity index (χ4n) is 1.44. The van der Waals surface area contributed by atoms with Crippen LogP contribution in [0.4, 0.5) is 13.2 Å². The molecule has 96 valence electrons. The van der Waals surface area contributed by atoms with Crippen LogP contribution in [0, 0.1) is 0 Å². The molecular weight excluding hydrogens is 245 g/mol. The maximum absolute atomic E-state index is 12.5. The number of nitrogens with zero attached hydrogens (tertiary/aromatic N) is 2. The number of hydrogen-bond acceptors (Lipinski definition) is 2. The molecule has 0 fully saturated rings. The van der Waals surface area contributed by atoms with Crippen molar-refractivity contribution in [3.8, 4) is 11.5 Å². The molecule has 0 saturated carbocycles. The van der Waals surface area contributed by atoms with Gasteiger partial charge in [0, 0.05) is 6.54 Å². The van der Waals surface area contributed by atoms with Gasteiger partial charge in [0.1, 0.15) is 5.75 Å². The zero-order chi connectivity index (χ0) is 13.2. The molecule has 0 aliphatic heterocycles. The van der Waals surface area contributed by atoms with Crippen molar-refractivity contribution in [2.45, 2.75) is 19.6 Å². The molecule has 0 radical (unpaired) electrons. The number of aryl methyl sites for hydroxylation is 1. The number of alkyl halides is 3. The molecule has 1 aromatic heterocycles. The first-order valence-electron chi connectivity index (χ1n) is 5.36. The summed E-state index contributed by atoms with van der Waals surface area (Å²) >= 11 is 0. The Morgan fingerprint density at radius 1 is 1.28 bits per heavy atom. The highest BCUT2D eigenvalue weighted by molar-refractivity contribution is 5.33. The van der Waals surface area contributed by atoms with E-state index in [1.165, 1.54) is 18.3 Å². The molecule has 1 heterocycles. The molecule has 6 heteroatoms. The smallest absolute Gasteiger partial charge is 0.416 e. The molecule has 0 bridgehead atoms. The summed E-state index contributed by atoms with van der Waals surface area (Å²) in [5.74, 6) is 0.552. The van der Waals surface area contributed by atoms with E-state index in [2.05, 4.69) is 5.10 Å². The second kappa shape index (κ2) is 4.72. The van der Waals surface area contributed by atoms with Crippen molar-refractivity contribution in [1.29, 1.82) is 0 Å². The first-order chi connectivity index (χ1) is 8.49. The zero-order valence-corrected chi connectivity index (χ0v) is 9.61. The molecule has 2 aromatic rings. The molecule has 0 amide bonds. The van der Waals surface area contributed by atoms with Gasteiger partial charge in [0.15, 0.2) is 5.75 Å². The predicted molar refractivity (Wildman–Crippen MR) is 59.4 cm³/mol. The van der Waals surface area contributed by atoms with Crippen LogP contribution >= 0.6 is 0 Å². The van der Waals surface area contributed by atoms with Gasteiger partial charge in [-0.3, -0.25) is 4.68 Å². The Morgan fingerprint density at radius 2 is 2.06 bits per heavy atom. The van der Waals surface area contributed by atoms with Crippen LogP contribution in [0.1, 0.15) is 12.5 Å². The van der Waals surface area contributed by atoms with Gasteiger partial charge in [-0.2, -0.15) is 18.3 Å². The van der Waals surface area contributed by atoms with E-state index >= 15 is 0 Å². The molecule has 0 atom stereocenters. The van der Waals surface area contributed by atoms with E-state index in [9.17, 15) is 13.2 Å². The Morgan fingerprint density at radius 3 is 2.67 bits per heavy atom. The summed E-state index contributed by atoms with van der Waals surface area (Å²) in [6.45, 7) is 2.58. The molecular formula is C12H11F3N2O. The highest BCUT2D eigenvalue weighted by Gasteiger charge is 2.30. The molecule has 1 aromatic carbocycles. The largest absolute Gasteiger partial charge is 0.454 e. The number of aromatic nitrogens is 2. The summed E-state index contributed by atoms with van der Waals surface area (Å²) in [5.41, 5.74) is -0.733. The minimum atomic E-state index is -4.37. The maximum atomic E-state index is 12.5. The van der Waals surface area contributed by atoms with Crippen molar-refractivity contribution in [3.63, 3.8) is 0 Å². The number of hydrogen-bond donors (Lipinski definition) is 0. The van der Waals surface area contributed by atoms with Crippen LogP contribution in [-0.4, -0.2) is 9.78 Å². The molecule has 0 unspecified atom stereocenters. The van der Waals surface area contributed by atoms with Crippen molar-refractivity contribution in [2.75, 3.05) is 0 Å². The van der Waals surface area contributed by atoms with Crippen molar-refractivity contribution in [3.05, 3.63) is 42.2 Å². The van der Waals surface area contributed by atoms with Gasteiger partial charge in [0.05, 0.1) is 18.0 Å². The fourth-order valence-corrected chi connectivity index (χ4v) is 1.44. The average Bonchev–Trinajstić information content (AvgIpc) is 2.76. The van der Waals surface area contributed by atoms with E-state index in [1.54, 1.807) is 10.9 Å². The minimum Gasteiger partial charge on any atom is -0.454 e. The Balaban J connectivity index is 2.19. The fraction of sp³-hybridized carbons (Fsp3) is 0.250. The van der Waals surface area contributed by atoms with E-state index in [-0.39, 0.29) is 5.75 Å². The second-order valence-corrected chi connectivity index (χ2v) is 3.66. The molecule has 0 saturated heterocycles. The molecule has 0 aliphatic carbocycles. The first kappa shape index (κ1) is 12.5. The molecule has 0 aliphatic rings. The van der Waals surface area contributed by atoms with Crippen LogP contribution in [-0.2, 0) is 12.7 Å². The standard InChI is InChI=1S/C12H11F3N2O/c1-2-17-8-11(7-16-17)18-10-5-3-4-9(6-10)12(13,14)15/h3-8H,2H2,1H3. The third-order valence-corrected chi connectivity index (χ3v) is 2.33. The summed E-state index contributed by atoms with van der Waals surface area (Å²) in [5, 5.41) is 3.97. The third-order valence-electron chi connectivity index (χ3n) is 2.33. The maximum Gasteiger partial charge on any atom is 0.416 e. The van der Waals surface area contributed by atoms with E-state index in [1.807, 2.05) is 6.92 Å². The Labute approximate surface area is 102 Å². The first-order valence-corrected chi connectivity index (χ1v) is 5.36. The average molecular weight is 256 g/mol. The predicted octanol–water partition coefficient (Wildman–Crippen LogP) is 3.71. The zero-order valence-electron chi connectivity index (χ0n) is 9.61. The van der Waals surface area contributed by atoms with E-state index in [4.69, 9.17) is 4.74 Å². The van der Waals surface area contributed by atoms with Crippen molar-refractivity contribution < 1.29 is 17.9 Å². The Bertz CT molecular complexity index is 534. The van der Waals surface area contributed by atoms with Gasteiger partial charge >= 0.3 is 6.18 Å². The van der Waals surface area contributed by atoms with Gasteiger partial charge in [-0.1, -0.05) is 6.07 Å². The van der Waals surface area contributed by atoms with Gasteiger partial charge in [-0.05, 0) is 25.1 Å². The van der Waals surface area contributed by atoms with Gasteiger partial charge in [0.25, 0.3) is 0 Å². The molecule has 0 N–H and O–H groups in total. The SMILES string of the molecule is CCn1cc(Oc2cccc(C(F)(F)F)c2)cn1. The highest BCUT2D eigenvalue weighted by Crippen LogP contribution is 2.32. The van der Waals surface area contributed by atoms with E-state index in [0.717, 1.165) is 12.1 Å². The topological polar surface area (TPSA) is 27.1 Å². The summed E-state index contributed by atoms with van der Waals surface area (Å²) in [6, 6.07) is 4.74. The normalized spacial score (nSPS) is 11.6. The molecule has 2 rings (SSSR count). The van der Waals surface area contributed by atoms with Gasteiger partial charge in [-0.25, -0.2) is 0 Å². The van der Waals surface area contributed by atoms with Crippen LogP contribution < -0.4 is 4.74 Å². The summed E-state index contributed by atoms with van der Waals surface area (Å²) in [7, 11) is 0. The second-order valence-electron chi connectivity index (χ2n) is 3.66. The summed E-state index contributed by atoms with van der Waals surface area (Å²) < 4.78 is 44.4. The number of halogens is 3. The monoisotopic (exact) mass is 256 g/mol.